The third-order valence-corrected chi connectivity index (χ3v) is 4.38. The smallest absolute Gasteiger partial charge is 0.121 e. The van der Waals surface area contributed by atoms with Crippen molar-refractivity contribution in [1.82, 2.24) is 9.13 Å². The van der Waals surface area contributed by atoms with Crippen molar-refractivity contribution in [3.05, 3.63) is 36.8 Å². The van der Waals surface area contributed by atoms with E-state index in [0.29, 0.717) is 6.17 Å². The highest BCUT2D eigenvalue weighted by Crippen LogP contribution is 2.24. The van der Waals surface area contributed by atoms with Crippen LogP contribution in [0.2, 0.25) is 0 Å². The minimum absolute atomic E-state index is 0.217. The SMILES string of the molecule is C=C[SiH2]N1CCCCC1n1cccc1. The lowest BCUT2D eigenvalue weighted by atomic mass is 10.1. The van der Waals surface area contributed by atoms with Crippen molar-refractivity contribution in [2.75, 3.05) is 6.54 Å². The van der Waals surface area contributed by atoms with Gasteiger partial charge in [-0.15, -0.1) is 6.58 Å². The number of aromatic nitrogens is 1. The van der Waals surface area contributed by atoms with Crippen LogP contribution < -0.4 is 0 Å². The van der Waals surface area contributed by atoms with E-state index in [2.05, 4.69) is 45.9 Å². The molecule has 76 valence electrons. The van der Waals surface area contributed by atoms with E-state index < -0.39 is 0 Å². The summed E-state index contributed by atoms with van der Waals surface area (Å²) >= 11 is 0. The lowest BCUT2D eigenvalue weighted by Crippen LogP contribution is -2.38. The quantitative estimate of drug-likeness (QED) is 0.683. The molecule has 0 aromatic carbocycles. The highest BCUT2D eigenvalue weighted by Gasteiger charge is 2.21. The molecule has 1 aromatic rings. The number of hydrogen-bond donors (Lipinski definition) is 0. The molecule has 0 radical (unpaired) electrons. The molecule has 0 spiro atoms. The second-order valence-electron chi connectivity index (χ2n) is 3.89. The first-order valence-corrected chi connectivity index (χ1v) is 6.84. The Balaban J connectivity index is 2.10. The first-order valence-electron chi connectivity index (χ1n) is 5.39. The fourth-order valence-electron chi connectivity index (χ4n) is 2.24. The molecule has 1 aromatic heterocycles. The number of rotatable bonds is 3. The summed E-state index contributed by atoms with van der Waals surface area (Å²) in [5, 5.41) is 0. The third-order valence-electron chi connectivity index (χ3n) is 2.91. The van der Waals surface area contributed by atoms with Crippen LogP contribution in [-0.4, -0.2) is 25.4 Å². The Morgan fingerprint density at radius 1 is 1.29 bits per heavy atom. The zero-order chi connectivity index (χ0) is 9.80. The van der Waals surface area contributed by atoms with Gasteiger partial charge in [-0.05, 0) is 37.9 Å². The molecule has 1 atom stereocenters. The Hall–Kier alpha value is -0.803. The Labute approximate surface area is 88.1 Å². The standard InChI is InChI=1S/C11H18N2Si/c1-2-14-13-10-4-3-7-11(13)12-8-5-6-9-12/h2,5-6,8-9,11H,1,3-4,7,10,14H2. The van der Waals surface area contributed by atoms with Gasteiger partial charge in [-0.25, -0.2) is 0 Å². The molecular weight excluding hydrogens is 188 g/mol. The summed E-state index contributed by atoms with van der Waals surface area (Å²) in [6.45, 7) is 5.15. The first kappa shape index (κ1) is 9.74. The summed E-state index contributed by atoms with van der Waals surface area (Å²) in [4.78, 5) is 0. The highest BCUT2D eigenvalue weighted by molar-refractivity contribution is 6.38. The maximum absolute atomic E-state index is 3.88. The molecule has 1 saturated heterocycles. The molecule has 14 heavy (non-hydrogen) atoms. The summed E-state index contributed by atoms with van der Waals surface area (Å²) in [6, 6.07) is 4.23. The third kappa shape index (κ3) is 1.99. The Morgan fingerprint density at radius 3 is 2.79 bits per heavy atom. The zero-order valence-electron chi connectivity index (χ0n) is 8.60. The number of nitrogens with zero attached hydrogens (tertiary/aromatic N) is 2. The largest absolute Gasteiger partial charge is 0.339 e. The summed E-state index contributed by atoms with van der Waals surface area (Å²) in [7, 11) is -0.217. The monoisotopic (exact) mass is 206 g/mol. The van der Waals surface area contributed by atoms with Gasteiger partial charge in [0, 0.05) is 12.4 Å². The van der Waals surface area contributed by atoms with Gasteiger partial charge < -0.3 is 9.13 Å². The molecule has 0 bridgehead atoms. The van der Waals surface area contributed by atoms with Crippen molar-refractivity contribution in [2.45, 2.75) is 25.4 Å². The molecule has 0 aliphatic carbocycles. The molecule has 2 nitrogen and oxygen atoms in total. The van der Waals surface area contributed by atoms with E-state index in [-0.39, 0.29) is 9.68 Å². The summed E-state index contributed by atoms with van der Waals surface area (Å²) in [5.74, 6) is 0. The predicted molar refractivity (Wildman–Crippen MR) is 62.8 cm³/mol. The Bertz CT molecular complexity index is 281. The van der Waals surface area contributed by atoms with Crippen molar-refractivity contribution >= 4 is 9.68 Å². The molecule has 1 unspecified atom stereocenters. The second-order valence-corrected chi connectivity index (χ2v) is 5.65. The van der Waals surface area contributed by atoms with Crippen LogP contribution in [0, 0.1) is 0 Å². The molecule has 0 saturated carbocycles. The molecule has 1 aliphatic rings. The number of piperidine rings is 1. The fourth-order valence-corrected chi connectivity index (χ4v) is 3.59. The maximum atomic E-state index is 3.88. The molecular formula is C11H18N2Si. The fraction of sp³-hybridized carbons (Fsp3) is 0.455. The van der Waals surface area contributed by atoms with Gasteiger partial charge in [0.05, 0.1) is 6.17 Å². The van der Waals surface area contributed by atoms with Gasteiger partial charge >= 0.3 is 0 Å². The molecule has 3 heteroatoms. The minimum atomic E-state index is -0.217. The average molecular weight is 206 g/mol. The summed E-state index contributed by atoms with van der Waals surface area (Å²) in [6.07, 6.45) is 9.00. The predicted octanol–water partition coefficient (Wildman–Crippen LogP) is 1.70. The second kappa shape index (κ2) is 4.62. The van der Waals surface area contributed by atoms with E-state index in [1.165, 1.54) is 25.8 Å². The molecule has 0 amide bonds. The summed E-state index contributed by atoms with van der Waals surface area (Å²) < 4.78 is 4.98. The van der Waals surface area contributed by atoms with Crippen molar-refractivity contribution in [2.24, 2.45) is 0 Å². The van der Waals surface area contributed by atoms with E-state index in [9.17, 15) is 0 Å². The van der Waals surface area contributed by atoms with Crippen molar-refractivity contribution in [3.8, 4) is 0 Å². The van der Waals surface area contributed by atoms with Gasteiger partial charge in [-0.1, -0.05) is 5.70 Å². The molecule has 1 aliphatic heterocycles. The highest BCUT2D eigenvalue weighted by atomic mass is 28.2. The van der Waals surface area contributed by atoms with Gasteiger partial charge in [0.1, 0.15) is 9.68 Å². The molecule has 0 N–H and O–H groups in total. The van der Waals surface area contributed by atoms with E-state index in [1.54, 1.807) is 0 Å². The van der Waals surface area contributed by atoms with Crippen LogP contribution in [0.3, 0.4) is 0 Å². The lowest BCUT2D eigenvalue weighted by Gasteiger charge is -2.36. The van der Waals surface area contributed by atoms with Crippen LogP contribution >= 0.6 is 0 Å². The average Bonchev–Trinajstić information content (AvgIpc) is 2.72. The molecule has 2 rings (SSSR count). The van der Waals surface area contributed by atoms with Crippen molar-refractivity contribution in [1.29, 1.82) is 0 Å². The van der Waals surface area contributed by atoms with E-state index in [0.717, 1.165) is 0 Å². The molecule has 2 heterocycles. The van der Waals surface area contributed by atoms with Crippen LogP contribution in [0.25, 0.3) is 0 Å². The van der Waals surface area contributed by atoms with Crippen molar-refractivity contribution < 1.29 is 0 Å². The summed E-state index contributed by atoms with van der Waals surface area (Å²) in [5.41, 5.74) is 2.14. The number of hydrogen-bond acceptors (Lipinski definition) is 1. The van der Waals surface area contributed by atoms with E-state index >= 15 is 0 Å². The van der Waals surface area contributed by atoms with E-state index in [1.807, 2.05) is 0 Å². The van der Waals surface area contributed by atoms with Gasteiger partial charge in [0.2, 0.25) is 0 Å². The van der Waals surface area contributed by atoms with Crippen LogP contribution in [0.15, 0.2) is 36.8 Å². The van der Waals surface area contributed by atoms with Gasteiger partial charge in [0.15, 0.2) is 0 Å². The van der Waals surface area contributed by atoms with Crippen molar-refractivity contribution in [3.63, 3.8) is 0 Å². The van der Waals surface area contributed by atoms with Crippen LogP contribution in [0.5, 0.6) is 0 Å². The topological polar surface area (TPSA) is 8.17 Å². The Morgan fingerprint density at radius 2 is 2.07 bits per heavy atom. The lowest BCUT2D eigenvalue weighted by molar-refractivity contribution is 0.192. The maximum Gasteiger partial charge on any atom is 0.121 e. The van der Waals surface area contributed by atoms with Crippen LogP contribution in [-0.2, 0) is 0 Å². The Kier molecular flexibility index (Phi) is 3.21. The molecule has 1 fully saturated rings. The van der Waals surface area contributed by atoms with Crippen LogP contribution in [0.1, 0.15) is 25.4 Å². The minimum Gasteiger partial charge on any atom is -0.339 e. The first-order chi connectivity index (χ1) is 6.92. The van der Waals surface area contributed by atoms with Gasteiger partial charge in [-0.2, -0.15) is 0 Å². The van der Waals surface area contributed by atoms with E-state index in [4.69, 9.17) is 0 Å². The van der Waals surface area contributed by atoms with Crippen LogP contribution in [0.4, 0.5) is 0 Å². The zero-order valence-corrected chi connectivity index (χ0v) is 10.0. The van der Waals surface area contributed by atoms with Gasteiger partial charge in [-0.3, -0.25) is 0 Å². The van der Waals surface area contributed by atoms with Gasteiger partial charge in [0.25, 0.3) is 0 Å². The normalized spacial score (nSPS) is 24.4.